The second-order valence-corrected chi connectivity index (χ2v) is 7.92. The van der Waals surface area contributed by atoms with Gasteiger partial charge in [0.2, 0.25) is 0 Å². The minimum atomic E-state index is 0.828. The molecule has 2 aromatic rings. The molecule has 0 atom stereocenters. The molecular weight excluding hydrogens is 332 g/mol. The molecule has 144 valence electrons. The van der Waals surface area contributed by atoms with Crippen LogP contribution in [0.1, 0.15) is 36.0 Å². The van der Waals surface area contributed by atoms with E-state index in [9.17, 15) is 0 Å². The van der Waals surface area contributed by atoms with Crippen molar-refractivity contribution in [3.05, 3.63) is 59.2 Å². The molecule has 1 fully saturated rings. The number of hydrogen-bond acceptors (Lipinski definition) is 3. The number of rotatable bonds is 6. The van der Waals surface area contributed by atoms with Crippen molar-refractivity contribution >= 4 is 5.69 Å². The molecule has 2 aliphatic rings. The fourth-order valence-electron chi connectivity index (χ4n) is 4.48. The number of fused-ring (bicyclic) bond motifs is 1. The molecule has 2 aromatic carbocycles. The van der Waals surface area contributed by atoms with Crippen molar-refractivity contribution in [3.8, 4) is 5.75 Å². The standard InChI is InChI=1S/C24H32N2O/c1-20-8-2-5-12-23(20)26-17-15-25(16-18-26)14-7-19-27-24-13-6-10-21-9-3-4-11-22(21)24/h2,5-6,8,10,12-13H,3-4,7,9,11,14-19H2,1H3. The van der Waals surface area contributed by atoms with Gasteiger partial charge in [0, 0.05) is 38.4 Å². The summed E-state index contributed by atoms with van der Waals surface area (Å²) in [6, 6.07) is 15.3. The smallest absolute Gasteiger partial charge is 0.122 e. The molecule has 1 saturated heterocycles. The van der Waals surface area contributed by atoms with E-state index in [1.54, 1.807) is 0 Å². The van der Waals surface area contributed by atoms with Crippen LogP contribution in [0.5, 0.6) is 5.75 Å². The Kier molecular flexibility index (Phi) is 5.98. The lowest BCUT2D eigenvalue weighted by molar-refractivity contribution is 0.224. The van der Waals surface area contributed by atoms with E-state index in [0.29, 0.717) is 0 Å². The largest absolute Gasteiger partial charge is 0.493 e. The highest BCUT2D eigenvalue weighted by Gasteiger charge is 2.18. The van der Waals surface area contributed by atoms with Gasteiger partial charge in [0.05, 0.1) is 6.61 Å². The Hall–Kier alpha value is -2.00. The van der Waals surface area contributed by atoms with E-state index in [4.69, 9.17) is 4.74 Å². The highest BCUT2D eigenvalue weighted by molar-refractivity contribution is 5.53. The predicted molar refractivity (Wildman–Crippen MR) is 113 cm³/mol. The second-order valence-electron chi connectivity index (χ2n) is 7.92. The third-order valence-electron chi connectivity index (χ3n) is 6.06. The SMILES string of the molecule is Cc1ccccc1N1CCN(CCCOc2cccc3c2CCCC3)CC1. The number of nitrogens with zero attached hydrogens (tertiary/aromatic N) is 2. The lowest BCUT2D eigenvalue weighted by atomic mass is 9.91. The number of ether oxygens (including phenoxy) is 1. The number of piperazine rings is 1. The van der Waals surface area contributed by atoms with Crippen LogP contribution in [-0.2, 0) is 12.8 Å². The van der Waals surface area contributed by atoms with Crippen molar-refractivity contribution in [2.24, 2.45) is 0 Å². The number of hydrogen-bond donors (Lipinski definition) is 0. The molecule has 27 heavy (non-hydrogen) atoms. The molecule has 0 N–H and O–H groups in total. The van der Waals surface area contributed by atoms with E-state index in [1.807, 2.05) is 0 Å². The van der Waals surface area contributed by atoms with E-state index in [0.717, 1.165) is 51.5 Å². The van der Waals surface area contributed by atoms with Gasteiger partial charge in [-0.1, -0.05) is 30.3 Å². The van der Waals surface area contributed by atoms with Crippen LogP contribution < -0.4 is 9.64 Å². The molecule has 3 heteroatoms. The van der Waals surface area contributed by atoms with Gasteiger partial charge in [-0.25, -0.2) is 0 Å². The summed E-state index contributed by atoms with van der Waals surface area (Å²) in [6.07, 6.45) is 6.14. The maximum atomic E-state index is 6.16. The Morgan fingerprint density at radius 3 is 2.56 bits per heavy atom. The average Bonchev–Trinajstić information content (AvgIpc) is 2.72. The van der Waals surface area contributed by atoms with Gasteiger partial charge < -0.3 is 9.64 Å². The Bertz CT molecular complexity index is 750. The van der Waals surface area contributed by atoms with Crippen LogP contribution in [0.2, 0.25) is 0 Å². The van der Waals surface area contributed by atoms with Gasteiger partial charge in [-0.2, -0.15) is 0 Å². The Balaban J connectivity index is 1.21. The van der Waals surface area contributed by atoms with Gasteiger partial charge in [-0.05, 0) is 67.9 Å². The van der Waals surface area contributed by atoms with Crippen molar-refractivity contribution in [1.82, 2.24) is 4.90 Å². The van der Waals surface area contributed by atoms with Crippen LogP contribution in [0.4, 0.5) is 5.69 Å². The van der Waals surface area contributed by atoms with E-state index < -0.39 is 0 Å². The summed E-state index contributed by atoms with van der Waals surface area (Å²) >= 11 is 0. The summed E-state index contributed by atoms with van der Waals surface area (Å²) in [5.41, 5.74) is 5.75. The highest BCUT2D eigenvalue weighted by atomic mass is 16.5. The Morgan fingerprint density at radius 2 is 1.70 bits per heavy atom. The van der Waals surface area contributed by atoms with Crippen LogP contribution in [0.25, 0.3) is 0 Å². The maximum Gasteiger partial charge on any atom is 0.122 e. The molecule has 0 spiro atoms. The first-order valence-corrected chi connectivity index (χ1v) is 10.6. The first-order valence-electron chi connectivity index (χ1n) is 10.6. The summed E-state index contributed by atoms with van der Waals surface area (Å²) in [7, 11) is 0. The van der Waals surface area contributed by atoms with Gasteiger partial charge in [-0.15, -0.1) is 0 Å². The first-order chi connectivity index (χ1) is 13.3. The molecule has 0 radical (unpaired) electrons. The maximum absolute atomic E-state index is 6.16. The Labute approximate surface area is 163 Å². The molecule has 1 aliphatic carbocycles. The molecule has 0 amide bonds. The minimum Gasteiger partial charge on any atom is -0.493 e. The van der Waals surface area contributed by atoms with Crippen LogP contribution in [-0.4, -0.2) is 44.2 Å². The van der Waals surface area contributed by atoms with Crippen LogP contribution in [0, 0.1) is 6.92 Å². The van der Waals surface area contributed by atoms with E-state index in [-0.39, 0.29) is 0 Å². The number of benzene rings is 2. The lowest BCUT2D eigenvalue weighted by Crippen LogP contribution is -2.47. The molecule has 0 unspecified atom stereocenters. The highest BCUT2D eigenvalue weighted by Crippen LogP contribution is 2.29. The molecule has 0 bridgehead atoms. The quantitative estimate of drug-likeness (QED) is 0.704. The zero-order valence-electron chi connectivity index (χ0n) is 16.6. The van der Waals surface area contributed by atoms with Crippen molar-refractivity contribution in [1.29, 1.82) is 0 Å². The van der Waals surface area contributed by atoms with Crippen LogP contribution in [0.3, 0.4) is 0 Å². The fourth-order valence-corrected chi connectivity index (χ4v) is 4.48. The van der Waals surface area contributed by atoms with Crippen molar-refractivity contribution in [2.45, 2.75) is 39.0 Å². The van der Waals surface area contributed by atoms with Gasteiger partial charge in [0.1, 0.15) is 5.75 Å². The fraction of sp³-hybridized carbons (Fsp3) is 0.500. The summed E-state index contributed by atoms with van der Waals surface area (Å²) in [5.74, 6) is 1.14. The normalized spacial score (nSPS) is 17.6. The van der Waals surface area contributed by atoms with Crippen LogP contribution in [0.15, 0.2) is 42.5 Å². The predicted octanol–water partition coefficient (Wildman–Crippen LogP) is 4.46. The van der Waals surface area contributed by atoms with Crippen LogP contribution >= 0.6 is 0 Å². The zero-order chi connectivity index (χ0) is 18.5. The topological polar surface area (TPSA) is 15.7 Å². The number of anilines is 1. The van der Waals surface area contributed by atoms with Crippen molar-refractivity contribution in [3.63, 3.8) is 0 Å². The molecule has 1 aliphatic heterocycles. The number of para-hydroxylation sites is 1. The molecule has 3 nitrogen and oxygen atoms in total. The summed E-state index contributed by atoms with van der Waals surface area (Å²) < 4.78 is 6.16. The van der Waals surface area contributed by atoms with Crippen molar-refractivity contribution in [2.75, 3.05) is 44.2 Å². The summed E-state index contributed by atoms with van der Waals surface area (Å²) in [5, 5.41) is 0. The van der Waals surface area contributed by atoms with E-state index in [2.05, 4.69) is 59.2 Å². The van der Waals surface area contributed by atoms with Gasteiger partial charge in [-0.3, -0.25) is 4.90 Å². The first kappa shape index (κ1) is 18.4. The second kappa shape index (κ2) is 8.79. The molecule has 4 rings (SSSR count). The zero-order valence-corrected chi connectivity index (χ0v) is 16.6. The van der Waals surface area contributed by atoms with Gasteiger partial charge in [0.15, 0.2) is 0 Å². The van der Waals surface area contributed by atoms with E-state index in [1.165, 1.54) is 48.1 Å². The molecule has 1 heterocycles. The lowest BCUT2D eigenvalue weighted by Gasteiger charge is -2.36. The summed E-state index contributed by atoms with van der Waals surface area (Å²) in [4.78, 5) is 5.11. The minimum absolute atomic E-state index is 0.828. The average molecular weight is 365 g/mol. The third kappa shape index (κ3) is 4.47. The van der Waals surface area contributed by atoms with E-state index >= 15 is 0 Å². The van der Waals surface area contributed by atoms with Crippen molar-refractivity contribution < 1.29 is 4.74 Å². The monoisotopic (exact) mass is 364 g/mol. The van der Waals surface area contributed by atoms with Gasteiger partial charge in [0.25, 0.3) is 0 Å². The van der Waals surface area contributed by atoms with Gasteiger partial charge >= 0.3 is 0 Å². The molecule has 0 saturated carbocycles. The molecular formula is C24H32N2O. The number of aryl methyl sites for hydroxylation is 2. The Morgan fingerprint density at radius 1 is 0.889 bits per heavy atom. The molecule has 0 aromatic heterocycles. The third-order valence-corrected chi connectivity index (χ3v) is 6.06. The summed E-state index contributed by atoms with van der Waals surface area (Å²) in [6.45, 7) is 8.71.